The zero-order valence-electron chi connectivity index (χ0n) is 18.3. The minimum atomic E-state index is 0.0214. The van der Waals surface area contributed by atoms with Crippen molar-refractivity contribution in [3.05, 3.63) is 100 Å². The van der Waals surface area contributed by atoms with E-state index in [-0.39, 0.29) is 17.9 Å². The molecule has 2 atom stereocenters. The van der Waals surface area contributed by atoms with Crippen molar-refractivity contribution in [1.82, 2.24) is 4.90 Å². The van der Waals surface area contributed by atoms with E-state index in [1.165, 1.54) is 22.3 Å². The number of benzene rings is 3. The number of fused-ring (bicyclic) bond motifs is 6. The molecule has 1 amide bonds. The lowest BCUT2D eigenvalue weighted by atomic mass is 9.73. The molecule has 6 rings (SSSR count). The number of rotatable bonds is 3. The first-order chi connectivity index (χ1) is 15.7. The lowest BCUT2D eigenvalue weighted by Gasteiger charge is -2.35. The van der Waals surface area contributed by atoms with Crippen LogP contribution in [0, 0.1) is 5.92 Å². The standard InChI is InChI=1S/C28H25NO3/c1-31-23-15-19-12-13-29-27(21(19)16-24(23)32-2)22-14-18-10-6-7-11-20(18)25(26(22)28(29)30)17-8-4-3-5-9-17/h3-11,15-16,22,27H,12-14H2,1-2H3/t22-,27+/m1/s1. The highest BCUT2D eigenvalue weighted by Crippen LogP contribution is 2.53. The molecule has 2 aliphatic heterocycles. The highest BCUT2D eigenvalue weighted by Gasteiger charge is 2.50. The van der Waals surface area contributed by atoms with Crippen LogP contribution in [0.3, 0.4) is 0 Å². The minimum Gasteiger partial charge on any atom is -0.493 e. The van der Waals surface area contributed by atoms with Crippen molar-refractivity contribution in [3.8, 4) is 11.5 Å². The second kappa shape index (κ2) is 7.27. The lowest BCUT2D eigenvalue weighted by Crippen LogP contribution is -2.35. The Labute approximate surface area is 188 Å². The van der Waals surface area contributed by atoms with E-state index >= 15 is 0 Å². The van der Waals surface area contributed by atoms with Gasteiger partial charge in [-0.25, -0.2) is 0 Å². The fourth-order valence-corrected chi connectivity index (χ4v) is 5.86. The van der Waals surface area contributed by atoms with Crippen LogP contribution in [-0.2, 0) is 17.6 Å². The maximum absolute atomic E-state index is 13.9. The molecular weight excluding hydrogens is 398 g/mol. The van der Waals surface area contributed by atoms with Gasteiger partial charge in [-0.05, 0) is 58.4 Å². The van der Waals surface area contributed by atoms with Gasteiger partial charge in [0, 0.05) is 18.0 Å². The van der Waals surface area contributed by atoms with Gasteiger partial charge in [-0.15, -0.1) is 0 Å². The molecule has 0 radical (unpaired) electrons. The molecule has 2 heterocycles. The van der Waals surface area contributed by atoms with Crippen LogP contribution in [0.25, 0.3) is 5.57 Å². The average Bonchev–Trinajstić information content (AvgIpc) is 3.13. The minimum absolute atomic E-state index is 0.0214. The summed E-state index contributed by atoms with van der Waals surface area (Å²) in [6.45, 7) is 0.727. The molecular formula is C28H25NO3. The molecule has 0 spiro atoms. The van der Waals surface area contributed by atoms with Crippen molar-refractivity contribution in [3.63, 3.8) is 0 Å². The zero-order chi connectivity index (χ0) is 21.8. The fraction of sp³-hybridized carbons (Fsp3) is 0.250. The SMILES string of the molecule is COc1cc2c(cc1OC)[C@H]1[C@@H]3Cc4ccccc4C(c4ccccc4)=C3C(=O)N1CC2. The molecule has 1 saturated heterocycles. The number of hydrogen-bond donors (Lipinski definition) is 0. The number of amides is 1. The Kier molecular flexibility index (Phi) is 4.35. The number of carbonyl (C=O) groups excluding carboxylic acids is 1. The lowest BCUT2D eigenvalue weighted by molar-refractivity contribution is -0.126. The van der Waals surface area contributed by atoms with Crippen LogP contribution in [0.4, 0.5) is 0 Å². The van der Waals surface area contributed by atoms with E-state index in [9.17, 15) is 4.79 Å². The molecule has 0 N–H and O–H groups in total. The van der Waals surface area contributed by atoms with Gasteiger partial charge in [0.15, 0.2) is 11.5 Å². The molecule has 0 bridgehead atoms. The molecule has 4 nitrogen and oxygen atoms in total. The van der Waals surface area contributed by atoms with Crippen molar-refractivity contribution in [2.75, 3.05) is 20.8 Å². The summed E-state index contributed by atoms with van der Waals surface area (Å²) in [5, 5.41) is 0. The first-order valence-corrected chi connectivity index (χ1v) is 11.1. The Balaban J connectivity index is 1.59. The van der Waals surface area contributed by atoms with Gasteiger partial charge in [-0.1, -0.05) is 54.6 Å². The first-order valence-electron chi connectivity index (χ1n) is 11.1. The molecule has 4 heteroatoms. The number of carbonyl (C=O) groups is 1. The van der Waals surface area contributed by atoms with Crippen molar-refractivity contribution >= 4 is 11.5 Å². The summed E-state index contributed by atoms with van der Waals surface area (Å²) in [5.74, 6) is 1.76. The third-order valence-corrected chi connectivity index (χ3v) is 7.22. The molecule has 0 unspecified atom stereocenters. The summed E-state index contributed by atoms with van der Waals surface area (Å²) in [6, 6.07) is 23.1. The van der Waals surface area contributed by atoms with Crippen LogP contribution in [0.5, 0.6) is 11.5 Å². The maximum Gasteiger partial charge on any atom is 0.251 e. The number of ether oxygens (including phenoxy) is 2. The normalized spacial score (nSPS) is 20.9. The summed E-state index contributed by atoms with van der Waals surface area (Å²) in [4.78, 5) is 16.0. The van der Waals surface area contributed by atoms with E-state index in [0.717, 1.165) is 47.6 Å². The Morgan fingerprint density at radius 2 is 1.59 bits per heavy atom. The number of hydrogen-bond acceptors (Lipinski definition) is 3. The summed E-state index contributed by atoms with van der Waals surface area (Å²) >= 11 is 0. The summed E-state index contributed by atoms with van der Waals surface area (Å²) < 4.78 is 11.2. The van der Waals surface area contributed by atoms with Crippen molar-refractivity contribution in [1.29, 1.82) is 0 Å². The summed E-state index contributed by atoms with van der Waals surface area (Å²) in [6.07, 6.45) is 1.69. The van der Waals surface area contributed by atoms with Crippen LogP contribution in [0.2, 0.25) is 0 Å². The molecule has 1 aliphatic carbocycles. The van der Waals surface area contributed by atoms with E-state index in [1.807, 2.05) is 18.2 Å². The Hall–Kier alpha value is -3.53. The van der Waals surface area contributed by atoms with E-state index < -0.39 is 0 Å². The number of methoxy groups -OCH3 is 2. The molecule has 3 aromatic carbocycles. The van der Waals surface area contributed by atoms with E-state index in [2.05, 4.69) is 53.4 Å². The smallest absolute Gasteiger partial charge is 0.251 e. The van der Waals surface area contributed by atoms with Gasteiger partial charge in [0.1, 0.15) is 0 Å². The average molecular weight is 424 g/mol. The van der Waals surface area contributed by atoms with E-state index in [0.29, 0.717) is 0 Å². The van der Waals surface area contributed by atoms with E-state index in [1.54, 1.807) is 14.2 Å². The molecule has 3 aliphatic rings. The van der Waals surface area contributed by atoms with Crippen molar-refractivity contribution in [2.24, 2.45) is 5.92 Å². The van der Waals surface area contributed by atoms with Gasteiger partial charge in [0.25, 0.3) is 5.91 Å². The topological polar surface area (TPSA) is 38.8 Å². The second-order valence-electron chi connectivity index (χ2n) is 8.72. The van der Waals surface area contributed by atoms with Gasteiger partial charge in [-0.3, -0.25) is 4.79 Å². The maximum atomic E-state index is 13.9. The summed E-state index contributed by atoms with van der Waals surface area (Å²) in [7, 11) is 3.34. The van der Waals surface area contributed by atoms with E-state index in [4.69, 9.17) is 9.47 Å². The molecule has 3 aromatic rings. The molecule has 32 heavy (non-hydrogen) atoms. The highest BCUT2D eigenvalue weighted by atomic mass is 16.5. The predicted molar refractivity (Wildman–Crippen MR) is 124 cm³/mol. The third-order valence-electron chi connectivity index (χ3n) is 7.22. The number of nitrogens with zero attached hydrogens (tertiary/aromatic N) is 1. The molecule has 0 aromatic heterocycles. The van der Waals surface area contributed by atoms with Gasteiger partial charge in [-0.2, -0.15) is 0 Å². The third kappa shape index (κ3) is 2.65. The fourth-order valence-electron chi connectivity index (χ4n) is 5.86. The van der Waals surface area contributed by atoms with Gasteiger partial charge < -0.3 is 14.4 Å². The first kappa shape index (κ1) is 19.2. The molecule has 160 valence electrons. The van der Waals surface area contributed by atoms with Crippen LogP contribution in [0.15, 0.2) is 72.3 Å². The highest BCUT2D eigenvalue weighted by molar-refractivity contribution is 6.08. The van der Waals surface area contributed by atoms with Crippen molar-refractivity contribution in [2.45, 2.75) is 18.9 Å². The monoisotopic (exact) mass is 423 g/mol. The van der Waals surface area contributed by atoms with Crippen LogP contribution in [0.1, 0.15) is 33.9 Å². The molecule has 0 saturated carbocycles. The van der Waals surface area contributed by atoms with Gasteiger partial charge in [0.05, 0.1) is 20.3 Å². The quantitative estimate of drug-likeness (QED) is 0.606. The Bertz CT molecular complexity index is 1260. The molecule has 1 fully saturated rings. The van der Waals surface area contributed by atoms with Gasteiger partial charge >= 0.3 is 0 Å². The van der Waals surface area contributed by atoms with Crippen molar-refractivity contribution < 1.29 is 14.3 Å². The van der Waals surface area contributed by atoms with Gasteiger partial charge in [0.2, 0.25) is 0 Å². The zero-order valence-corrected chi connectivity index (χ0v) is 18.3. The predicted octanol–water partition coefficient (Wildman–Crippen LogP) is 4.82. The van der Waals surface area contributed by atoms with Crippen LogP contribution >= 0.6 is 0 Å². The second-order valence-corrected chi connectivity index (χ2v) is 8.72. The van der Waals surface area contributed by atoms with Crippen LogP contribution in [-0.4, -0.2) is 31.6 Å². The largest absolute Gasteiger partial charge is 0.493 e. The Morgan fingerprint density at radius 1 is 0.875 bits per heavy atom. The van der Waals surface area contributed by atoms with Crippen LogP contribution < -0.4 is 9.47 Å². The summed E-state index contributed by atoms with van der Waals surface area (Å²) in [5.41, 5.74) is 8.10. The Morgan fingerprint density at radius 3 is 2.38 bits per heavy atom.